The van der Waals surface area contributed by atoms with Crippen molar-refractivity contribution >= 4 is 11.9 Å². The Hall–Kier alpha value is -1.78. The molecule has 1 fully saturated rings. The largest absolute Gasteiger partial charge is 0.481 e. The van der Waals surface area contributed by atoms with E-state index >= 15 is 0 Å². The summed E-state index contributed by atoms with van der Waals surface area (Å²) in [5.41, 5.74) is 3.33. The smallest absolute Gasteiger partial charge is 0.315 e. The van der Waals surface area contributed by atoms with E-state index in [4.69, 9.17) is 9.47 Å². The number of carboxylic acids is 1. The minimum Gasteiger partial charge on any atom is -0.481 e. The van der Waals surface area contributed by atoms with E-state index in [0.29, 0.717) is 6.42 Å². The van der Waals surface area contributed by atoms with Gasteiger partial charge in [0.1, 0.15) is 24.4 Å². The van der Waals surface area contributed by atoms with E-state index in [2.05, 4.69) is 0 Å². The van der Waals surface area contributed by atoms with Crippen molar-refractivity contribution < 1.29 is 44.6 Å². The summed E-state index contributed by atoms with van der Waals surface area (Å²) in [6.45, 7) is 2.94. The highest BCUT2D eigenvalue weighted by molar-refractivity contribution is 5.78. The first-order chi connectivity index (χ1) is 14.1. The second-order valence-electron chi connectivity index (χ2n) is 8.46. The molecular formula is C21H30O9. The first-order valence-corrected chi connectivity index (χ1v) is 10.3. The second kappa shape index (κ2) is 9.15. The number of rotatable bonds is 5. The summed E-state index contributed by atoms with van der Waals surface area (Å²) in [6, 6.07) is 0. The van der Waals surface area contributed by atoms with Crippen molar-refractivity contribution in [1.29, 1.82) is 0 Å². The van der Waals surface area contributed by atoms with Crippen molar-refractivity contribution in [1.82, 2.24) is 0 Å². The third-order valence-corrected chi connectivity index (χ3v) is 6.57. The number of aliphatic hydroxyl groups is 4. The summed E-state index contributed by atoms with van der Waals surface area (Å²) >= 11 is 0. The quantitative estimate of drug-likeness (QED) is 0.385. The molecule has 0 aromatic carbocycles. The SMILES string of the molecule is CC1=C2CC(C(C)C(=O)O)C(C(=O)OC3OC(CO)C(O)C(O)C3O)C=C2CCC1. The molecule has 0 amide bonds. The molecule has 0 radical (unpaired) electrons. The molecule has 168 valence electrons. The summed E-state index contributed by atoms with van der Waals surface area (Å²) in [7, 11) is 0. The van der Waals surface area contributed by atoms with Crippen LogP contribution in [-0.4, -0.2) is 74.8 Å². The predicted molar refractivity (Wildman–Crippen MR) is 103 cm³/mol. The number of esters is 1. The lowest BCUT2D eigenvalue weighted by molar-refractivity contribution is -0.293. The predicted octanol–water partition coefficient (Wildman–Crippen LogP) is 0.113. The van der Waals surface area contributed by atoms with Crippen LogP contribution in [0.4, 0.5) is 0 Å². The van der Waals surface area contributed by atoms with Crippen LogP contribution in [0.25, 0.3) is 0 Å². The average Bonchev–Trinajstić information content (AvgIpc) is 2.72. The molecule has 2 aliphatic carbocycles. The number of carbonyl (C=O) groups excluding carboxylic acids is 1. The summed E-state index contributed by atoms with van der Waals surface area (Å²) in [6.07, 6.45) is -2.81. The van der Waals surface area contributed by atoms with Gasteiger partial charge in [-0.1, -0.05) is 18.6 Å². The number of ether oxygens (including phenoxy) is 2. The number of aliphatic carboxylic acids is 1. The molecule has 3 aliphatic rings. The number of carbonyl (C=O) groups is 2. The molecule has 9 heteroatoms. The Morgan fingerprint density at radius 2 is 1.90 bits per heavy atom. The fourth-order valence-corrected chi connectivity index (χ4v) is 4.58. The van der Waals surface area contributed by atoms with E-state index in [1.165, 1.54) is 5.57 Å². The minimum absolute atomic E-state index is 0.444. The summed E-state index contributed by atoms with van der Waals surface area (Å²) < 4.78 is 10.6. The third kappa shape index (κ3) is 4.31. The van der Waals surface area contributed by atoms with Gasteiger partial charge in [-0.05, 0) is 49.7 Å². The van der Waals surface area contributed by atoms with Crippen LogP contribution >= 0.6 is 0 Å². The summed E-state index contributed by atoms with van der Waals surface area (Å²) in [5.74, 6) is -3.99. The Bertz CT molecular complexity index is 741. The molecular weight excluding hydrogens is 396 g/mol. The van der Waals surface area contributed by atoms with Crippen LogP contribution in [0, 0.1) is 17.8 Å². The monoisotopic (exact) mass is 426 g/mol. The zero-order valence-corrected chi connectivity index (χ0v) is 17.1. The Morgan fingerprint density at radius 1 is 1.20 bits per heavy atom. The summed E-state index contributed by atoms with van der Waals surface area (Å²) in [4.78, 5) is 24.7. The van der Waals surface area contributed by atoms with Gasteiger partial charge in [-0.2, -0.15) is 0 Å². The van der Waals surface area contributed by atoms with Gasteiger partial charge in [-0.15, -0.1) is 0 Å². The number of hydrogen-bond acceptors (Lipinski definition) is 8. The standard InChI is InChI=1S/C21H30O9/c1-9-4-3-5-11-6-14(13(7-12(9)11)10(2)19(26)27)20(28)30-21-18(25)17(24)16(23)15(8-22)29-21/h6,10,13-18,21-25H,3-5,7-8H2,1-2H3,(H,26,27). The molecule has 0 bridgehead atoms. The van der Waals surface area contributed by atoms with E-state index in [1.807, 2.05) is 6.92 Å². The van der Waals surface area contributed by atoms with E-state index in [-0.39, 0.29) is 0 Å². The Labute approximate surface area is 174 Å². The van der Waals surface area contributed by atoms with E-state index in [0.717, 1.165) is 30.4 Å². The van der Waals surface area contributed by atoms with Crippen molar-refractivity contribution in [3.8, 4) is 0 Å². The molecule has 1 saturated heterocycles. The van der Waals surface area contributed by atoms with Gasteiger partial charge in [0.2, 0.25) is 6.29 Å². The van der Waals surface area contributed by atoms with Gasteiger partial charge in [0.05, 0.1) is 18.4 Å². The molecule has 1 aliphatic heterocycles. The normalized spacial score (nSPS) is 37.8. The van der Waals surface area contributed by atoms with Crippen molar-refractivity contribution in [2.75, 3.05) is 6.61 Å². The minimum atomic E-state index is -1.70. The van der Waals surface area contributed by atoms with Crippen LogP contribution in [-0.2, 0) is 19.1 Å². The lowest BCUT2D eigenvalue weighted by atomic mass is 9.69. The highest BCUT2D eigenvalue weighted by Crippen LogP contribution is 2.44. The molecule has 0 spiro atoms. The Morgan fingerprint density at radius 3 is 2.53 bits per heavy atom. The highest BCUT2D eigenvalue weighted by atomic mass is 16.7. The number of hydrogen-bond donors (Lipinski definition) is 5. The van der Waals surface area contributed by atoms with Crippen LogP contribution in [0.15, 0.2) is 22.8 Å². The number of allylic oxidation sites excluding steroid dienone is 3. The number of carboxylic acid groups (broad SMARTS) is 1. The molecule has 5 N–H and O–H groups in total. The maximum atomic E-state index is 13.0. The first-order valence-electron chi connectivity index (χ1n) is 10.3. The molecule has 8 unspecified atom stereocenters. The van der Waals surface area contributed by atoms with Crippen molar-refractivity contribution in [3.05, 3.63) is 22.8 Å². The Balaban J connectivity index is 1.85. The van der Waals surface area contributed by atoms with Gasteiger partial charge in [0, 0.05) is 0 Å². The van der Waals surface area contributed by atoms with E-state index in [9.17, 15) is 35.1 Å². The van der Waals surface area contributed by atoms with Crippen molar-refractivity contribution in [2.45, 2.75) is 70.2 Å². The molecule has 8 atom stereocenters. The van der Waals surface area contributed by atoms with Crippen molar-refractivity contribution in [2.24, 2.45) is 17.8 Å². The van der Waals surface area contributed by atoms with E-state index in [1.54, 1.807) is 13.0 Å². The van der Waals surface area contributed by atoms with Crippen molar-refractivity contribution in [3.63, 3.8) is 0 Å². The topological polar surface area (TPSA) is 154 Å². The first kappa shape index (κ1) is 22.9. The highest BCUT2D eigenvalue weighted by Gasteiger charge is 2.47. The molecule has 1 heterocycles. The van der Waals surface area contributed by atoms with Gasteiger partial charge in [-0.25, -0.2) is 0 Å². The molecule has 9 nitrogen and oxygen atoms in total. The zero-order valence-electron chi connectivity index (χ0n) is 17.1. The summed E-state index contributed by atoms with van der Waals surface area (Å²) in [5, 5.41) is 48.8. The van der Waals surface area contributed by atoms with Crippen LogP contribution < -0.4 is 0 Å². The zero-order chi connectivity index (χ0) is 22.2. The third-order valence-electron chi connectivity index (χ3n) is 6.57. The fraction of sp³-hybridized carbons (Fsp3) is 0.714. The maximum Gasteiger partial charge on any atom is 0.315 e. The van der Waals surface area contributed by atoms with Gasteiger partial charge in [0.25, 0.3) is 0 Å². The van der Waals surface area contributed by atoms with Gasteiger partial charge in [-0.3, -0.25) is 9.59 Å². The molecule has 0 aromatic rings. The van der Waals surface area contributed by atoms with Gasteiger partial charge >= 0.3 is 11.9 Å². The maximum absolute atomic E-state index is 13.0. The molecule has 30 heavy (non-hydrogen) atoms. The molecule has 0 saturated carbocycles. The second-order valence-corrected chi connectivity index (χ2v) is 8.46. The van der Waals surface area contributed by atoms with Gasteiger partial charge < -0.3 is 35.0 Å². The lowest BCUT2D eigenvalue weighted by Crippen LogP contribution is -2.59. The van der Waals surface area contributed by atoms with Crippen LogP contribution in [0.1, 0.15) is 39.5 Å². The fourth-order valence-electron chi connectivity index (χ4n) is 4.58. The van der Waals surface area contributed by atoms with Crippen LogP contribution in [0.2, 0.25) is 0 Å². The Kier molecular flexibility index (Phi) is 6.98. The van der Waals surface area contributed by atoms with Crippen LogP contribution in [0.5, 0.6) is 0 Å². The van der Waals surface area contributed by atoms with Crippen LogP contribution in [0.3, 0.4) is 0 Å². The van der Waals surface area contributed by atoms with Gasteiger partial charge in [0.15, 0.2) is 0 Å². The number of fused-ring (bicyclic) bond motifs is 1. The molecule has 3 rings (SSSR count). The molecule has 0 aromatic heterocycles. The average molecular weight is 426 g/mol. The number of aliphatic hydroxyl groups excluding tert-OH is 4. The van der Waals surface area contributed by atoms with E-state index < -0.39 is 67.0 Å². The lowest BCUT2D eigenvalue weighted by Gasteiger charge is -2.40.